The first-order valence-corrected chi connectivity index (χ1v) is 9.62. The summed E-state index contributed by atoms with van der Waals surface area (Å²) < 4.78 is 15.9. The number of hydrogen-bond acceptors (Lipinski definition) is 6. The van der Waals surface area contributed by atoms with Crippen molar-refractivity contribution >= 4 is 29.3 Å². The van der Waals surface area contributed by atoms with E-state index in [1.54, 1.807) is 25.1 Å². The van der Waals surface area contributed by atoms with E-state index in [-0.39, 0.29) is 5.91 Å². The van der Waals surface area contributed by atoms with Crippen LogP contribution < -0.4 is 19.5 Å². The fraction of sp³-hybridized carbons (Fsp3) is 0.300. The first kappa shape index (κ1) is 21.7. The van der Waals surface area contributed by atoms with E-state index in [0.29, 0.717) is 27.8 Å². The van der Waals surface area contributed by atoms with Crippen LogP contribution in [0.2, 0.25) is 5.02 Å². The van der Waals surface area contributed by atoms with E-state index in [0.717, 1.165) is 4.90 Å². The Hall–Kier alpha value is -2.56. The monoisotopic (exact) mass is 420 g/mol. The Morgan fingerprint density at radius 1 is 1.14 bits per heavy atom. The van der Waals surface area contributed by atoms with Crippen molar-refractivity contribution < 1.29 is 19.0 Å². The summed E-state index contributed by atoms with van der Waals surface area (Å²) in [6.07, 6.45) is 0. The lowest BCUT2D eigenvalue weighted by Crippen LogP contribution is -2.33. The lowest BCUT2D eigenvalue weighted by molar-refractivity contribution is -0.120. The van der Waals surface area contributed by atoms with Crippen LogP contribution in [0.25, 0.3) is 0 Å². The van der Waals surface area contributed by atoms with Crippen LogP contribution in [0.1, 0.15) is 18.5 Å². The topological polar surface area (TPSA) is 80.6 Å². The maximum absolute atomic E-state index is 12.6. The molecule has 0 aliphatic rings. The zero-order valence-corrected chi connectivity index (χ0v) is 17.6. The number of hydrogen-bond donors (Lipinski definition) is 1. The normalized spacial score (nSPS) is 12.4. The number of halogens is 1. The molecule has 0 spiro atoms. The first-order valence-electron chi connectivity index (χ1n) is 8.36. The predicted octanol–water partition coefficient (Wildman–Crippen LogP) is 4.23. The third-order valence-electron chi connectivity index (χ3n) is 3.95. The van der Waals surface area contributed by atoms with Gasteiger partial charge in [0.1, 0.15) is 6.04 Å². The molecular formula is C20H21ClN2O4S. The molecule has 0 aromatic heterocycles. The summed E-state index contributed by atoms with van der Waals surface area (Å²) in [6.45, 7) is 1.76. The van der Waals surface area contributed by atoms with Crippen LogP contribution in [0.15, 0.2) is 41.3 Å². The Kier molecular flexibility index (Phi) is 7.85. The highest BCUT2D eigenvalue weighted by molar-refractivity contribution is 8.00. The fourth-order valence-electron chi connectivity index (χ4n) is 2.50. The van der Waals surface area contributed by atoms with Gasteiger partial charge in [-0.25, -0.2) is 0 Å². The van der Waals surface area contributed by atoms with Crippen molar-refractivity contribution in [2.24, 2.45) is 0 Å². The minimum absolute atomic E-state index is 0.287. The molecule has 1 amide bonds. The molecule has 6 nitrogen and oxygen atoms in total. The summed E-state index contributed by atoms with van der Waals surface area (Å²) in [5, 5.41) is 12.5. The third-order valence-corrected chi connectivity index (χ3v) is 5.56. The molecule has 0 heterocycles. The van der Waals surface area contributed by atoms with Gasteiger partial charge in [0.05, 0.1) is 37.7 Å². The molecule has 2 atom stereocenters. The Balaban J connectivity index is 2.20. The predicted molar refractivity (Wildman–Crippen MR) is 109 cm³/mol. The van der Waals surface area contributed by atoms with Crippen molar-refractivity contribution in [3.63, 3.8) is 0 Å². The Bertz CT molecular complexity index is 860. The highest BCUT2D eigenvalue weighted by atomic mass is 35.5. The molecule has 0 aliphatic heterocycles. The average Bonchev–Trinajstić information content (AvgIpc) is 2.72. The highest BCUT2D eigenvalue weighted by Crippen LogP contribution is 2.39. The zero-order chi connectivity index (χ0) is 20.7. The van der Waals surface area contributed by atoms with Crippen LogP contribution in [0.5, 0.6) is 17.2 Å². The number of nitrogens with one attached hydrogen (secondary N) is 1. The van der Waals surface area contributed by atoms with Gasteiger partial charge >= 0.3 is 0 Å². The van der Waals surface area contributed by atoms with Crippen molar-refractivity contribution in [2.45, 2.75) is 23.1 Å². The van der Waals surface area contributed by atoms with Crippen LogP contribution >= 0.6 is 23.4 Å². The minimum atomic E-state index is -0.879. The Morgan fingerprint density at radius 3 is 2.25 bits per heavy atom. The molecule has 2 aromatic rings. The lowest BCUT2D eigenvalue weighted by atomic mass is 10.1. The second-order valence-electron chi connectivity index (χ2n) is 5.72. The molecule has 2 aromatic carbocycles. The van der Waals surface area contributed by atoms with E-state index in [2.05, 4.69) is 11.4 Å². The molecule has 0 saturated heterocycles. The van der Waals surface area contributed by atoms with Crippen molar-refractivity contribution in [3.8, 4) is 23.3 Å². The van der Waals surface area contributed by atoms with Gasteiger partial charge in [0.2, 0.25) is 11.7 Å². The van der Waals surface area contributed by atoms with Gasteiger partial charge in [0, 0.05) is 4.90 Å². The molecular weight excluding hydrogens is 400 g/mol. The number of nitrogens with zero attached hydrogens (tertiary/aromatic N) is 1. The molecule has 0 aliphatic carbocycles. The number of ether oxygens (including phenoxy) is 3. The molecule has 2 rings (SSSR count). The fourth-order valence-corrected chi connectivity index (χ4v) is 3.67. The molecule has 8 heteroatoms. The second-order valence-corrected chi connectivity index (χ2v) is 7.51. The van der Waals surface area contributed by atoms with E-state index in [9.17, 15) is 10.1 Å². The second kappa shape index (κ2) is 10.1. The molecule has 28 heavy (non-hydrogen) atoms. The number of methoxy groups -OCH3 is 3. The summed E-state index contributed by atoms with van der Waals surface area (Å²) in [7, 11) is 4.48. The van der Waals surface area contributed by atoms with E-state index >= 15 is 0 Å². The number of thioether (sulfide) groups is 1. The van der Waals surface area contributed by atoms with Crippen molar-refractivity contribution in [1.29, 1.82) is 5.26 Å². The van der Waals surface area contributed by atoms with Gasteiger partial charge in [-0.2, -0.15) is 5.26 Å². The standard InChI is InChI=1S/C20H21ClN2O4S/c1-12(28-18-8-6-5-7-14(18)21)20(24)23-15(11-22)13-9-16(25-2)19(27-4)17(10-13)26-3/h5-10,12,15H,1-4H3,(H,23,24). The van der Waals surface area contributed by atoms with Crippen LogP contribution in [-0.2, 0) is 4.79 Å². The largest absolute Gasteiger partial charge is 0.493 e. The third kappa shape index (κ3) is 5.03. The SMILES string of the molecule is COc1cc(C(C#N)NC(=O)C(C)Sc2ccccc2Cl)cc(OC)c1OC. The minimum Gasteiger partial charge on any atom is -0.493 e. The number of amides is 1. The van der Waals surface area contributed by atoms with Gasteiger partial charge in [-0.1, -0.05) is 23.7 Å². The number of carbonyl (C=O) groups excluding carboxylic acids is 1. The highest BCUT2D eigenvalue weighted by Gasteiger charge is 2.23. The van der Waals surface area contributed by atoms with Crippen molar-refractivity contribution in [1.82, 2.24) is 5.32 Å². The molecule has 1 N–H and O–H groups in total. The molecule has 2 unspecified atom stereocenters. The molecule has 148 valence electrons. The van der Waals surface area contributed by atoms with Crippen molar-refractivity contribution in [2.75, 3.05) is 21.3 Å². The summed E-state index contributed by atoms with van der Waals surface area (Å²) in [5.74, 6) is 0.944. The number of nitriles is 1. The van der Waals surface area contributed by atoms with E-state index in [4.69, 9.17) is 25.8 Å². The number of benzene rings is 2. The zero-order valence-electron chi connectivity index (χ0n) is 16.0. The summed E-state index contributed by atoms with van der Waals surface area (Å²) in [5.41, 5.74) is 0.528. The molecule has 0 fully saturated rings. The van der Waals surface area contributed by atoms with Crippen LogP contribution in [0.3, 0.4) is 0 Å². The van der Waals surface area contributed by atoms with Gasteiger partial charge in [-0.15, -0.1) is 11.8 Å². The van der Waals surface area contributed by atoms with Crippen LogP contribution in [0.4, 0.5) is 0 Å². The number of carbonyl (C=O) groups is 1. The van der Waals surface area contributed by atoms with Crippen LogP contribution in [-0.4, -0.2) is 32.5 Å². The van der Waals surface area contributed by atoms with E-state index < -0.39 is 11.3 Å². The Labute approximate surface area is 173 Å². The first-order chi connectivity index (χ1) is 13.4. The summed E-state index contributed by atoms with van der Waals surface area (Å²) >= 11 is 7.48. The smallest absolute Gasteiger partial charge is 0.234 e. The maximum Gasteiger partial charge on any atom is 0.234 e. The summed E-state index contributed by atoms with van der Waals surface area (Å²) in [6, 6.07) is 11.8. The van der Waals surface area contributed by atoms with Crippen LogP contribution in [0, 0.1) is 11.3 Å². The van der Waals surface area contributed by atoms with Gasteiger partial charge in [0.15, 0.2) is 11.5 Å². The van der Waals surface area contributed by atoms with Gasteiger partial charge in [-0.3, -0.25) is 4.79 Å². The van der Waals surface area contributed by atoms with Gasteiger partial charge in [-0.05, 0) is 36.8 Å². The van der Waals surface area contributed by atoms with Crippen molar-refractivity contribution in [3.05, 3.63) is 47.0 Å². The molecule has 0 radical (unpaired) electrons. The molecule has 0 bridgehead atoms. The number of rotatable bonds is 8. The van der Waals surface area contributed by atoms with Gasteiger partial charge in [0.25, 0.3) is 0 Å². The van der Waals surface area contributed by atoms with E-state index in [1.807, 2.05) is 18.2 Å². The average molecular weight is 421 g/mol. The quantitative estimate of drug-likeness (QED) is 0.644. The lowest BCUT2D eigenvalue weighted by Gasteiger charge is -2.19. The Morgan fingerprint density at radius 2 is 1.75 bits per heavy atom. The molecule has 0 saturated carbocycles. The summed E-state index contributed by atoms with van der Waals surface area (Å²) in [4.78, 5) is 13.4. The van der Waals surface area contributed by atoms with Gasteiger partial charge < -0.3 is 19.5 Å². The van der Waals surface area contributed by atoms with E-state index in [1.165, 1.54) is 33.1 Å². The maximum atomic E-state index is 12.6.